The first-order valence-corrected chi connectivity index (χ1v) is 7.48. The third-order valence-corrected chi connectivity index (χ3v) is 4.90. The van der Waals surface area contributed by atoms with Gasteiger partial charge in [-0.15, -0.1) is 0 Å². The van der Waals surface area contributed by atoms with E-state index >= 15 is 0 Å². The van der Waals surface area contributed by atoms with Gasteiger partial charge in [0.15, 0.2) is 5.41 Å². The van der Waals surface area contributed by atoms with Crippen molar-refractivity contribution < 1.29 is 4.74 Å². The number of morpholine rings is 1. The molecule has 0 aromatic carbocycles. The first-order chi connectivity index (χ1) is 10.7. The smallest absolute Gasteiger partial charge is 0.187 e. The first-order valence-electron chi connectivity index (χ1n) is 7.48. The van der Waals surface area contributed by atoms with Gasteiger partial charge in [0.1, 0.15) is 0 Å². The SMILES string of the molecule is N#CC1=C(N)C2=C(N3CCOCC3)CCC[C@H]2C1(C#N)C#N. The van der Waals surface area contributed by atoms with Crippen molar-refractivity contribution in [3.63, 3.8) is 0 Å². The van der Waals surface area contributed by atoms with Gasteiger partial charge in [0.2, 0.25) is 0 Å². The van der Waals surface area contributed by atoms with Crippen molar-refractivity contribution in [2.45, 2.75) is 19.3 Å². The van der Waals surface area contributed by atoms with E-state index in [4.69, 9.17) is 10.5 Å². The van der Waals surface area contributed by atoms with Crippen molar-refractivity contribution >= 4 is 0 Å². The van der Waals surface area contributed by atoms with Crippen molar-refractivity contribution in [2.75, 3.05) is 26.3 Å². The summed E-state index contributed by atoms with van der Waals surface area (Å²) in [6, 6.07) is 6.18. The van der Waals surface area contributed by atoms with Gasteiger partial charge in [0, 0.05) is 30.3 Å². The molecule has 1 saturated heterocycles. The van der Waals surface area contributed by atoms with Gasteiger partial charge in [-0.25, -0.2) is 0 Å². The molecule has 112 valence electrons. The number of nitriles is 3. The van der Waals surface area contributed by atoms with Gasteiger partial charge in [0.25, 0.3) is 0 Å². The van der Waals surface area contributed by atoms with E-state index in [1.54, 1.807) is 0 Å². The predicted molar refractivity (Wildman–Crippen MR) is 77.2 cm³/mol. The van der Waals surface area contributed by atoms with Crippen LogP contribution < -0.4 is 5.73 Å². The molecule has 6 nitrogen and oxygen atoms in total. The molecular weight excluding hydrogens is 278 g/mol. The summed E-state index contributed by atoms with van der Waals surface area (Å²) < 4.78 is 5.39. The highest BCUT2D eigenvalue weighted by Crippen LogP contribution is 2.54. The van der Waals surface area contributed by atoms with Gasteiger partial charge < -0.3 is 15.4 Å². The zero-order valence-electron chi connectivity index (χ0n) is 12.3. The Kier molecular flexibility index (Phi) is 3.53. The quantitative estimate of drug-likeness (QED) is 0.777. The number of rotatable bonds is 1. The number of hydrogen-bond acceptors (Lipinski definition) is 6. The Labute approximate surface area is 129 Å². The van der Waals surface area contributed by atoms with Crippen molar-refractivity contribution in [1.29, 1.82) is 15.8 Å². The number of allylic oxidation sites excluding steroid dienone is 3. The summed E-state index contributed by atoms with van der Waals surface area (Å²) in [7, 11) is 0. The fourth-order valence-corrected chi connectivity index (χ4v) is 3.85. The maximum absolute atomic E-state index is 9.60. The fourth-order valence-electron chi connectivity index (χ4n) is 3.85. The minimum absolute atomic E-state index is 0.130. The molecule has 0 saturated carbocycles. The number of hydrogen-bond donors (Lipinski definition) is 1. The molecule has 1 atom stereocenters. The van der Waals surface area contributed by atoms with Crippen LogP contribution in [0.1, 0.15) is 19.3 Å². The molecular formula is C16H17N5O. The summed E-state index contributed by atoms with van der Waals surface area (Å²) in [5.74, 6) is -0.288. The third-order valence-electron chi connectivity index (χ3n) is 4.90. The molecule has 3 aliphatic rings. The molecule has 2 N–H and O–H groups in total. The van der Waals surface area contributed by atoms with Crippen molar-refractivity contribution in [3.8, 4) is 18.2 Å². The predicted octanol–water partition coefficient (Wildman–Crippen LogP) is 1.16. The van der Waals surface area contributed by atoms with Crippen LogP contribution in [0.25, 0.3) is 0 Å². The highest BCUT2D eigenvalue weighted by molar-refractivity contribution is 5.61. The molecule has 0 spiro atoms. The molecule has 1 heterocycles. The van der Waals surface area contributed by atoms with E-state index in [1.807, 2.05) is 6.07 Å². The zero-order valence-corrected chi connectivity index (χ0v) is 12.3. The van der Waals surface area contributed by atoms with Crippen LogP contribution in [0.4, 0.5) is 0 Å². The molecule has 0 aromatic heterocycles. The largest absolute Gasteiger partial charge is 0.398 e. The number of ether oxygens (including phenoxy) is 1. The van der Waals surface area contributed by atoms with Crippen LogP contribution in [0.15, 0.2) is 22.5 Å². The molecule has 2 aliphatic carbocycles. The Morgan fingerprint density at radius 2 is 1.86 bits per heavy atom. The van der Waals surface area contributed by atoms with Crippen LogP contribution in [0.2, 0.25) is 0 Å². The van der Waals surface area contributed by atoms with E-state index in [9.17, 15) is 15.8 Å². The fraction of sp³-hybridized carbons (Fsp3) is 0.562. The average Bonchev–Trinajstić information content (AvgIpc) is 2.84. The van der Waals surface area contributed by atoms with Gasteiger partial charge in [-0.2, -0.15) is 15.8 Å². The van der Waals surface area contributed by atoms with Gasteiger partial charge in [-0.1, -0.05) is 0 Å². The Morgan fingerprint density at radius 1 is 1.18 bits per heavy atom. The lowest BCUT2D eigenvalue weighted by Gasteiger charge is -2.37. The minimum Gasteiger partial charge on any atom is -0.398 e. The monoisotopic (exact) mass is 295 g/mol. The van der Waals surface area contributed by atoms with E-state index in [-0.39, 0.29) is 11.5 Å². The second kappa shape index (κ2) is 5.37. The first kappa shape index (κ1) is 14.4. The molecule has 1 fully saturated rings. The third kappa shape index (κ3) is 1.80. The minimum atomic E-state index is -1.42. The summed E-state index contributed by atoms with van der Waals surface area (Å²) in [5, 5.41) is 28.6. The van der Waals surface area contributed by atoms with Crippen molar-refractivity contribution in [2.24, 2.45) is 17.1 Å². The Balaban J connectivity index is 2.16. The van der Waals surface area contributed by atoms with E-state index < -0.39 is 5.41 Å². The normalized spacial score (nSPS) is 27.0. The van der Waals surface area contributed by atoms with Crippen molar-refractivity contribution in [3.05, 3.63) is 22.5 Å². The van der Waals surface area contributed by atoms with Crippen LogP contribution in [0, 0.1) is 45.3 Å². The summed E-state index contributed by atoms with van der Waals surface area (Å²) in [6.07, 6.45) is 2.49. The molecule has 0 radical (unpaired) electrons. The van der Waals surface area contributed by atoms with Crippen LogP contribution in [-0.4, -0.2) is 31.2 Å². The highest BCUT2D eigenvalue weighted by Gasteiger charge is 2.54. The second-order valence-corrected chi connectivity index (χ2v) is 5.84. The highest BCUT2D eigenvalue weighted by atomic mass is 16.5. The Hall–Kier alpha value is -2.49. The topological polar surface area (TPSA) is 110 Å². The molecule has 6 heteroatoms. The maximum atomic E-state index is 9.60. The van der Waals surface area contributed by atoms with Gasteiger partial charge in [-0.3, -0.25) is 0 Å². The lowest BCUT2D eigenvalue weighted by atomic mass is 9.70. The summed E-state index contributed by atoms with van der Waals surface area (Å²) in [4.78, 5) is 2.23. The molecule has 1 aliphatic heterocycles. The molecule has 22 heavy (non-hydrogen) atoms. The van der Waals surface area contributed by atoms with Crippen LogP contribution in [0.5, 0.6) is 0 Å². The average molecular weight is 295 g/mol. The van der Waals surface area contributed by atoms with Crippen molar-refractivity contribution in [1.82, 2.24) is 4.90 Å². The van der Waals surface area contributed by atoms with E-state index in [0.29, 0.717) is 18.9 Å². The standard InChI is InChI=1S/C16H17N5O/c17-8-12-15(20)14-11(16(12,9-18)10-19)2-1-3-13(14)21-4-6-22-7-5-21/h11H,1-7,20H2/t11-/m1/s1. The lowest BCUT2D eigenvalue weighted by Crippen LogP contribution is -2.39. The molecule has 0 amide bonds. The lowest BCUT2D eigenvalue weighted by molar-refractivity contribution is 0.0499. The molecule has 0 unspecified atom stereocenters. The van der Waals surface area contributed by atoms with Gasteiger partial charge in [-0.05, 0) is 19.3 Å². The molecule has 0 aromatic rings. The summed E-state index contributed by atoms with van der Waals surface area (Å²) >= 11 is 0. The van der Waals surface area contributed by atoms with E-state index in [1.165, 1.54) is 0 Å². The Morgan fingerprint density at radius 3 is 2.45 bits per heavy atom. The molecule has 0 bridgehead atoms. The number of nitrogens with two attached hydrogens (primary N) is 1. The van der Waals surface area contributed by atoms with E-state index in [2.05, 4.69) is 17.0 Å². The maximum Gasteiger partial charge on any atom is 0.187 e. The van der Waals surface area contributed by atoms with Crippen LogP contribution >= 0.6 is 0 Å². The number of nitrogens with zero attached hydrogens (tertiary/aromatic N) is 4. The number of fused-ring (bicyclic) bond motifs is 1. The van der Waals surface area contributed by atoms with Gasteiger partial charge in [0.05, 0.1) is 42.7 Å². The summed E-state index contributed by atoms with van der Waals surface area (Å²) in [6.45, 7) is 2.90. The summed E-state index contributed by atoms with van der Waals surface area (Å²) in [5.41, 5.74) is 7.21. The van der Waals surface area contributed by atoms with E-state index in [0.717, 1.165) is 43.6 Å². The van der Waals surface area contributed by atoms with Gasteiger partial charge >= 0.3 is 0 Å². The molecule has 3 rings (SSSR count). The van der Waals surface area contributed by atoms with Crippen LogP contribution in [-0.2, 0) is 4.74 Å². The van der Waals surface area contributed by atoms with Crippen LogP contribution in [0.3, 0.4) is 0 Å². The zero-order chi connectivity index (χ0) is 15.7. The Bertz CT molecular complexity index is 665. The second-order valence-electron chi connectivity index (χ2n) is 5.84.